The molecule has 1 amide bonds. The van der Waals surface area contributed by atoms with Gasteiger partial charge in [-0.05, 0) is 38.5 Å². The highest BCUT2D eigenvalue weighted by molar-refractivity contribution is 7.85. The van der Waals surface area contributed by atoms with Crippen molar-refractivity contribution in [2.75, 3.05) is 20.0 Å². The van der Waals surface area contributed by atoms with Crippen LogP contribution >= 0.6 is 0 Å². The number of benzene rings is 1. The van der Waals surface area contributed by atoms with Crippen molar-refractivity contribution in [1.29, 1.82) is 0 Å². The van der Waals surface area contributed by atoms with Gasteiger partial charge in [0.1, 0.15) is 11.4 Å². The fourth-order valence-electron chi connectivity index (χ4n) is 1.72. The number of rotatable bonds is 6. The van der Waals surface area contributed by atoms with E-state index in [0.29, 0.717) is 11.3 Å². The SMILES string of the molecule is COc1cccc(C(COS(C)(=O)=O)NC(=O)OC(C)(C)C)c1. The number of alkyl carbamates (subject to hydrolysis) is 1. The first-order chi connectivity index (χ1) is 10.5. The van der Waals surface area contributed by atoms with Crippen molar-refractivity contribution in [1.82, 2.24) is 5.32 Å². The monoisotopic (exact) mass is 345 g/mol. The van der Waals surface area contributed by atoms with E-state index in [1.54, 1.807) is 45.0 Å². The fourth-order valence-corrected chi connectivity index (χ4v) is 2.10. The third kappa shape index (κ3) is 7.85. The maximum atomic E-state index is 12.0. The molecule has 0 saturated heterocycles. The zero-order chi connectivity index (χ0) is 17.7. The van der Waals surface area contributed by atoms with E-state index in [4.69, 9.17) is 13.7 Å². The smallest absolute Gasteiger partial charge is 0.408 e. The lowest BCUT2D eigenvalue weighted by atomic mass is 10.1. The van der Waals surface area contributed by atoms with Gasteiger partial charge in [0.25, 0.3) is 10.1 Å². The molecule has 0 spiro atoms. The second-order valence-electron chi connectivity index (χ2n) is 5.96. The Labute approximate surface area is 137 Å². The molecule has 0 aliphatic heterocycles. The van der Waals surface area contributed by atoms with Crippen molar-refractivity contribution < 1.29 is 26.9 Å². The highest BCUT2D eigenvalue weighted by Crippen LogP contribution is 2.20. The molecule has 130 valence electrons. The maximum absolute atomic E-state index is 12.0. The zero-order valence-corrected chi connectivity index (χ0v) is 14.8. The molecule has 0 bridgehead atoms. The number of methoxy groups -OCH3 is 1. The quantitative estimate of drug-likeness (QED) is 0.795. The first-order valence-electron chi connectivity index (χ1n) is 6.98. The van der Waals surface area contributed by atoms with Gasteiger partial charge in [0, 0.05) is 0 Å². The summed E-state index contributed by atoms with van der Waals surface area (Å²) in [6, 6.07) is 6.20. The van der Waals surface area contributed by atoms with Crippen molar-refractivity contribution >= 4 is 16.2 Å². The van der Waals surface area contributed by atoms with Crippen LogP contribution in [0.2, 0.25) is 0 Å². The summed E-state index contributed by atoms with van der Waals surface area (Å²) in [6.07, 6.45) is 0.283. The lowest BCUT2D eigenvalue weighted by Gasteiger charge is -2.23. The molecule has 0 heterocycles. The highest BCUT2D eigenvalue weighted by atomic mass is 32.2. The summed E-state index contributed by atoms with van der Waals surface area (Å²) in [7, 11) is -2.12. The summed E-state index contributed by atoms with van der Waals surface area (Å²) >= 11 is 0. The van der Waals surface area contributed by atoms with E-state index in [1.807, 2.05) is 0 Å². The molecule has 7 nitrogen and oxygen atoms in total. The summed E-state index contributed by atoms with van der Waals surface area (Å²) in [4.78, 5) is 12.0. The molecule has 0 radical (unpaired) electrons. The highest BCUT2D eigenvalue weighted by Gasteiger charge is 2.22. The molecular weight excluding hydrogens is 322 g/mol. The molecular formula is C15H23NO6S. The topological polar surface area (TPSA) is 90.9 Å². The van der Waals surface area contributed by atoms with Crippen LogP contribution in [0.25, 0.3) is 0 Å². The molecule has 1 aromatic rings. The minimum absolute atomic E-state index is 0.245. The number of carbonyl (C=O) groups excluding carboxylic acids is 1. The predicted molar refractivity (Wildman–Crippen MR) is 85.9 cm³/mol. The molecule has 0 aliphatic carbocycles. The van der Waals surface area contributed by atoms with Crippen LogP contribution in [0.15, 0.2) is 24.3 Å². The summed E-state index contributed by atoms with van der Waals surface area (Å²) in [5.74, 6) is 0.581. The number of nitrogens with one attached hydrogen (secondary N) is 1. The van der Waals surface area contributed by atoms with Crippen molar-refractivity contribution in [3.63, 3.8) is 0 Å². The molecule has 8 heteroatoms. The summed E-state index contributed by atoms with van der Waals surface area (Å²) in [5.41, 5.74) is -0.0281. The average molecular weight is 345 g/mol. The van der Waals surface area contributed by atoms with Crippen LogP contribution < -0.4 is 10.1 Å². The molecule has 1 atom stereocenters. The standard InChI is InChI=1S/C15H23NO6S/c1-15(2,3)22-14(17)16-13(10-21-23(5,18)19)11-7-6-8-12(9-11)20-4/h6-9,13H,10H2,1-5H3,(H,16,17). The van der Waals surface area contributed by atoms with Crippen molar-refractivity contribution in [3.8, 4) is 5.75 Å². The molecule has 1 aromatic carbocycles. The van der Waals surface area contributed by atoms with Crippen molar-refractivity contribution in [2.45, 2.75) is 32.4 Å². The van der Waals surface area contributed by atoms with Crippen LogP contribution in [0.1, 0.15) is 32.4 Å². The van der Waals surface area contributed by atoms with Gasteiger partial charge in [0.2, 0.25) is 0 Å². The second kappa shape index (κ2) is 7.65. The molecule has 1 rings (SSSR count). The summed E-state index contributed by atoms with van der Waals surface area (Å²) < 4.78 is 37.6. The molecule has 1 unspecified atom stereocenters. The second-order valence-corrected chi connectivity index (χ2v) is 7.61. The van der Waals surface area contributed by atoms with Crippen LogP contribution in [-0.2, 0) is 19.0 Å². The Hall–Kier alpha value is -1.80. The summed E-state index contributed by atoms with van der Waals surface area (Å²) in [6.45, 7) is 4.96. The van der Waals surface area contributed by atoms with E-state index in [1.165, 1.54) is 7.11 Å². The van der Waals surface area contributed by atoms with Gasteiger partial charge in [0.15, 0.2) is 0 Å². The molecule has 23 heavy (non-hydrogen) atoms. The minimum Gasteiger partial charge on any atom is -0.497 e. The Morgan fingerprint density at radius 3 is 2.48 bits per heavy atom. The van der Waals surface area contributed by atoms with E-state index in [2.05, 4.69) is 5.32 Å². The number of amides is 1. The molecule has 0 aromatic heterocycles. The number of hydrogen-bond donors (Lipinski definition) is 1. The van der Waals surface area contributed by atoms with E-state index < -0.39 is 27.9 Å². The van der Waals surface area contributed by atoms with Gasteiger partial charge in [-0.25, -0.2) is 4.79 Å². The predicted octanol–water partition coefficient (Wildman–Crippen LogP) is 2.24. The maximum Gasteiger partial charge on any atom is 0.408 e. The number of hydrogen-bond acceptors (Lipinski definition) is 6. The Morgan fingerprint density at radius 1 is 1.30 bits per heavy atom. The van der Waals surface area contributed by atoms with Gasteiger partial charge in [-0.3, -0.25) is 4.18 Å². The number of carbonyl (C=O) groups is 1. The van der Waals surface area contributed by atoms with Gasteiger partial charge in [-0.1, -0.05) is 12.1 Å². The Morgan fingerprint density at radius 2 is 1.96 bits per heavy atom. The molecule has 0 aliphatic rings. The van der Waals surface area contributed by atoms with Crippen LogP contribution in [0.3, 0.4) is 0 Å². The van der Waals surface area contributed by atoms with Gasteiger partial charge in [-0.15, -0.1) is 0 Å². The van der Waals surface area contributed by atoms with E-state index in [0.717, 1.165) is 6.26 Å². The van der Waals surface area contributed by atoms with Gasteiger partial charge in [0.05, 0.1) is 26.0 Å². The van der Waals surface area contributed by atoms with Gasteiger partial charge < -0.3 is 14.8 Å². The van der Waals surface area contributed by atoms with Crippen LogP contribution in [0.4, 0.5) is 4.79 Å². The average Bonchev–Trinajstić information content (AvgIpc) is 2.40. The fraction of sp³-hybridized carbons (Fsp3) is 0.533. The number of ether oxygens (including phenoxy) is 2. The minimum atomic E-state index is -3.64. The van der Waals surface area contributed by atoms with E-state index >= 15 is 0 Å². The third-order valence-corrected chi connectivity index (χ3v) is 3.20. The van der Waals surface area contributed by atoms with Gasteiger partial charge in [-0.2, -0.15) is 8.42 Å². The molecule has 0 fully saturated rings. The summed E-state index contributed by atoms with van der Waals surface area (Å²) in [5, 5.41) is 2.61. The molecule has 1 N–H and O–H groups in total. The molecule has 0 saturated carbocycles. The van der Waals surface area contributed by atoms with Crippen molar-refractivity contribution in [2.24, 2.45) is 0 Å². The van der Waals surface area contributed by atoms with E-state index in [-0.39, 0.29) is 6.61 Å². The van der Waals surface area contributed by atoms with Gasteiger partial charge >= 0.3 is 6.09 Å². The lowest BCUT2D eigenvalue weighted by Crippen LogP contribution is -2.37. The van der Waals surface area contributed by atoms with Crippen LogP contribution in [-0.4, -0.2) is 40.1 Å². The Kier molecular flexibility index (Phi) is 6.40. The normalized spacial score (nSPS) is 13.3. The largest absolute Gasteiger partial charge is 0.497 e. The third-order valence-electron chi connectivity index (χ3n) is 2.64. The Bertz CT molecular complexity index is 636. The van der Waals surface area contributed by atoms with Crippen LogP contribution in [0, 0.1) is 0 Å². The first kappa shape index (κ1) is 19.2. The Balaban J connectivity index is 2.94. The van der Waals surface area contributed by atoms with Crippen LogP contribution in [0.5, 0.6) is 5.75 Å². The lowest BCUT2D eigenvalue weighted by molar-refractivity contribution is 0.0487. The van der Waals surface area contributed by atoms with Crippen molar-refractivity contribution in [3.05, 3.63) is 29.8 Å². The zero-order valence-electron chi connectivity index (χ0n) is 14.0. The van der Waals surface area contributed by atoms with E-state index in [9.17, 15) is 13.2 Å². The first-order valence-corrected chi connectivity index (χ1v) is 8.80.